The van der Waals surface area contributed by atoms with Crippen LogP contribution in [0.25, 0.3) is 0 Å². The molecule has 0 heterocycles. The lowest BCUT2D eigenvalue weighted by Crippen LogP contribution is -2.55. The molecule has 0 saturated heterocycles. The minimum atomic E-state index is -1.02. The van der Waals surface area contributed by atoms with E-state index in [0.29, 0.717) is 25.8 Å². The van der Waals surface area contributed by atoms with Gasteiger partial charge in [0.15, 0.2) is 0 Å². The van der Waals surface area contributed by atoms with E-state index in [1.54, 1.807) is 20.8 Å². The summed E-state index contributed by atoms with van der Waals surface area (Å²) < 4.78 is 5.22. The van der Waals surface area contributed by atoms with Crippen LogP contribution in [0.3, 0.4) is 0 Å². The minimum absolute atomic E-state index is 0.118. The molecule has 0 radical (unpaired) electrons. The van der Waals surface area contributed by atoms with Gasteiger partial charge in [0.25, 0.3) is 0 Å². The molecular formula is C32H42N6O5. The lowest BCUT2D eigenvalue weighted by Gasteiger charge is -2.24. The molecule has 2 rings (SSSR count). The Kier molecular flexibility index (Phi) is 14.3. The molecular weight excluding hydrogens is 548 g/mol. The molecule has 2 aromatic rings. The molecule has 0 bridgehead atoms. The maximum absolute atomic E-state index is 13.5. The van der Waals surface area contributed by atoms with Gasteiger partial charge in [0.2, 0.25) is 11.8 Å². The predicted octanol–water partition coefficient (Wildman–Crippen LogP) is 3.20. The van der Waals surface area contributed by atoms with Gasteiger partial charge in [0.05, 0.1) is 6.21 Å². The Balaban J connectivity index is 2.10. The zero-order valence-corrected chi connectivity index (χ0v) is 25.3. The summed E-state index contributed by atoms with van der Waals surface area (Å²) in [4.78, 5) is 51.2. The summed E-state index contributed by atoms with van der Waals surface area (Å²) in [5, 5.41) is 16.0. The second-order valence-corrected chi connectivity index (χ2v) is 10.7. The Morgan fingerprint density at radius 2 is 1.60 bits per heavy atom. The third-order valence-corrected chi connectivity index (χ3v) is 5.99. The van der Waals surface area contributed by atoms with Gasteiger partial charge in [-0.3, -0.25) is 9.59 Å². The van der Waals surface area contributed by atoms with Gasteiger partial charge in [0.1, 0.15) is 24.2 Å². The number of alkyl carbamates (subject to hydrolysis) is 1. The Morgan fingerprint density at radius 1 is 0.953 bits per heavy atom. The molecule has 0 spiro atoms. The number of urea groups is 1. The number of amides is 5. The first-order valence-corrected chi connectivity index (χ1v) is 14.2. The van der Waals surface area contributed by atoms with Crippen molar-refractivity contribution in [2.45, 2.75) is 64.1 Å². The number of likely N-dealkylation sites (N-methyl/N-ethyl adjacent to an activating group) is 1. The van der Waals surface area contributed by atoms with Crippen LogP contribution < -0.4 is 21.3 Å². The van der Waals surface area contributed by atoms with Gasteiger partial charge in [-0.25, -0.2) is 14.6 Å². The number of hydrogen-bond donors (Lipinski definition) is 4. The first kappa shape index (κ1) is 34.4. The molecule has 0 aromatic heterocycles. The zero-order valence-electron chi connectivity index (χ0n) is 25.3. The van der Waals surface area contributed by atoms with E-state index in [9.17, 15) is 19.2 Å². The average Bonchev–Trinajstić information content (AvgIpc) is 2.97. The van der Waals surface area contributed by atoms with Gasteiger partial charge in [-0.2, -0.15) is 5.10 Å². The van der Waals surface area contributed by atoms with E-state index in [4.69, 9.17) is 11.2 Å². The Labute approximate surface area is 253 Å². The third-order valence-electron chi connectivity index (χ3n) is 5.99. The number of hydrogen-bond acceptors (Lipinski definition) is 6. The van der Waals surface area contributed by atoms with Crippen LogP contribution in [-0.4, -0.2) is 73.0 Å². The Morgan fingerprint density at radius 3 is 2.21 bits per heavy atom. The van der Waals surface area contributed by atoms with Crippen LogP contribution in [0, 0.1) is 12.3 Å². The number of hydrazone groups is 1. The van der Waals surface area contributed by atoms with Crippen molar-refractivity contribution in [2.24, 2.45) is 5.10 Å². The maximum Gasteiger partial charge on any atom is 0.407 e. The van der Waals surface area contributed by atoms with Gasteiger partial charge in [-0.1, -0.05) is 66.6 Å². The van der Waals surface area contributed by atoms with Crippen molar-refractivity contribution in [1.29, 1.82) is 0 Å². The molecule has 0 aliphatic heterocycles. The number of carbonyl (C=O) groups excluding carboxylic acids is 4. The van der Waals surface area contributed by atoms with Crippen molar-refractivity contribution in [3.63, 3.8) is 0 Å². The summed E-state index contributed by atoms with van der Waals surface area (Å²) >= 11 is 0. The molecule has 11 heteroatoms. The number of rotatable bonds is 14. The summed E-state index contributed by atoms with van der Waals surface area (Å²) in [6.45, 7) is 5.57. The number of ether oxygens (including phenoxy) is 1. The normalized spacial score (nSPS) is 12.3. The van der Waals surface area contributed by atoms with Gasteiger partial charge in [0, 0.05) is 20.0 Å². The van der Waals surface area contributed by atoms with E-state index in [1.165, 1.54) is 13.3 Å². The summed E-state index contributed by atoms with van der Waals surface area (Å²) in [5.74, 6) is 1.50. The summed E-state index contributed by atoms with van der Waals surface area (Å²) in [6, 6.07) is 15.9. The van der Waals surface area contributed by atoms with Crippen molar-refractivity contribution in [3.8, 4) is 12.3 Å². The molecule has 0 unspecified atom stereocenters. The highest BCUT2D eigenvalue weighted by Crippen LogP contribution is 2.09. The van der Waals surface area contributed by atoms with Crippen LogP contribution in [0.5, 0.6) is 0 Å². The van der Waals surface area contributed by atoms with Crippen LogP contribution in [0.4, 0.5) is 9.59 Å². The molecule has 5 amide bonds. The van der Waals surface area contributed by atoms with Crippen LogP contribution in [0.2, 0.25) is 0 Å². The molecule has 0 aliphatic carbocycles. The Hall–Kier alpha value is -4.85. The predicted molar refractivity (Wildman–Crippen MR) is 166 cm³/mol. The first-order chi connectivity index (χ1) is 20.5. The van der Waals surface area contributed by atoms with Gasteiger partial charge < -0.3 is 26.0 Å². The molecule has 0 aliphatic rings. The lowest BCUT2D eigenvalue weighted by atomic mass is 10.0. The number of nitrogens with one attached hydrogen (secondary N) is 4. The molecule has 2 atom stereocenters. The van der Waals surface area contributed by atoms with E-state index in [-0.39, 0.29) is 18.9 Å². The largest absolute Gasteiger partial charge is 0.444 e. The number of carbonyl (C=O) groups is 4. The van der Waals surface area contributed by atoms with Crippen LogP contribution >= 0.6 is 0 Å². The van der Waals surface area contributed by atoms with E-state index in [2.05, 4.69) is 32.3 Å². The quantitative estimate of drug-likeness (QED) is 0.116. The van der Waals surface area contributed by atoms with Crippen molar-refractivity contribution in [1.82, 2.24) is 26.3 Å². The van der Waals surface area contributed by atoms with E-state index >= 15 is 0 Å². The highest BCUT2D eigenvalue weighted by atomic mass is 16.6. The van der Waals surface area contributed by atoms with Gasteiger partial charge >= 0.3 is 12.1 Å². The molecule has 43 heavy (non-hydrogen) atoms. The second kappa shape index (κ2) is 17.9. The minimum Gasteiger partial charge on any atom is -0.444 e. The number of benzene rings is 2. The zero-order chi connectivity index (χ0) is 31.7. The highest BCUT2D eigenvalue weighted by Gasteiger charge is 2.28. The van der Waals surface area contributed by atoms with Crippen molar-refractivity contribution >= 4 is 30.2 Å². The van der Waals surface area contributed by atoms with E-state index in [0.717, 1.165) is 16.1 Å². The van der Waals surface area contributed by atoms with Crippen molar-refractivity contribution < 1.29 is 23.9 Å². The monoisotopic (exact) mass is 590 g/mol. The standard InChI is InChI=1S/C32H42N6O5/c1-6-21-38(35-23-25-17-11-8-12-18-25)30(41)37-27(22-24-15-9-7-10-16-24)29(40)36-26(28(39)33-5)19-13-14-20-34-31(42)43-32(2,3)4/h1,7-12,15-18,23,26-27H,13-14,19-22H2,2-5H3,(H,33,39)(H,34,42)(H,36,40)(H,37,41)/b35-23+/t26-,27+/m0/s1. The fraction of sp³-hybridized carbons (Fsp3) is 0.406. The summed E-state index contributed by atoms with van der Waals surface area (Å²) in [5.41, 5.74) is 0.978. The Bertz CT molecular complexity index is 1250. The average molecular weight is 591 g/mol. The number of terminal acetylenes is 1. The fourth-order valence-corrected chi connectivity index (χ4v) is 3.90. The molecule has 230 valence electrons. The topological polar surface area (TPSA) is 141 Å². The van der Waals surface area contributed by atoms with E-state index in [1.807, 2.05) is 60.7 Å². The van der Waals surface area contributed by atoms with E-state index < -0.39 is 35.7 Å². The fourth-order valence-electron chi connectivity index (χ4n) is 3.90. The second-order valence-electron chi connectivity index (χ2n) is 10.7. The smallest absolute Gasteiger partial charge is 0.407 e. The van der Waals surface area contributed by atoms with Crippen LogP contribution in [0.15, 0.2) is 65.8 Å². The number of nitrogens with zero attached hydrogens (tertiary/aromatic N) is 2. The molecule has 2 aromatic carbocycles. The molecule has 11 nitrogen and oxygen atoms in total. The maximum atomic E-state index is 13.5. The van der Waals surface area contributed by atoms with Gasteiger partial charge in [-0.15, -0.1) is 6.42 Å². The van der Waals surface area contributed by atoms with Crippen molar-refractivity contribution in [2.75, 3.05) is 20.1 Å². The first-order valence-electron chi connectivity index (χ1n) is 14.2. The SMILES string of the molecule is C#CCN(/N=C/c1ccccc1)C(=O)N[C@H](Cc1ccccc1)C(=O)N[C@@H](CCCCNC(=O)OC(C)(C)C)C(=O)NC. The highest BCUT2D eigenvalue weighted by molar-refractivity contribution is 5.92. The summed E-state index contributed by atoms with van der Waals surface area (Å²) in [6.07, 6.45) is 8.05. The van der Waals surface area contributed by atoms with Crippen LogP contribution in [-0.2, 0) is 20.7 Å². The van der Waals surface area contributed by atoms with Crippen LogP contribution in [0.1, 0.15) is 51.2 Å². The molecule has 0 fully saturated rings. The molecule has 0 saturated carbocycles. The summed E-state index contributed by atoms with van der Waals surface area (Å²) in [7, 11) is 1.48. The van der Waals surface area contributed by atoms with Gasteiger partial charge in [-0.05, 0) is 51.2 Å². The number of unbranched alkanes of at least 4 members (excludes halogenated alkanes) is 1. The molecule has 4 N–H and O–H groups in total. The van der Waals surface area contributed by atoms with Crippen molar-refractivity contribution in [3.05, 3.63) is 71.8 Å². The lowest BCUT2D eigenvalue weighted by molar-refractivity contribution is -0.129. The third kappa shape index (κ3) is 13.6.